The Kier molecular flexibility index (Phi) is 3.21. The number of benzene rings is 3. The minimum Gasteiger partial charge on any atom is -0.465 e. The third-order valence-corrected chi connectivity index (χ3v) is 5.99. The van der Waals surface area contributed by atoms with Gasteiger partial charge in [0.05, 0.1) is 12.7 Å². The first kappa shape index (κ1) is 14.7. The Balaban J connectivity index is 1.55. The molecular formula is C23H20O2. The molecule has 1 fully saturated rings. The Hall–Kier alpha value is -2.61. The predicted octanol–water partition coefficient (Wildman–Crippen LogP) is 5.66. The summed E-state index contributed by atoms with van der Waals surface area (Å²) in [4.78, 5) is 11.7. The maximum atomic E-state index is 11.7. The number of hydrogen-bond acceptors (Lipinski definition) is 2. The van der Waals surface area contributed by atoms with Crippen LogP contribution < -0.4 is 0 Å². The fourth-order valence-corrected chi connectivity index (χ4v) is 4.70. The fourth-order valence-electron chi connectivity index (χ4n) is 4.70. The highest BCUT2D eigenvalue weighted by Crippen LogP contribution is 2.53. The van der Waals surface area contributed by atoms with E-state index < -0.39 is 0 Å². The molecule has 2 nitrogen and oxygen atoms in total. The summed E-state index contributed by atoms with van der Waals surface area (Å²) in [6.45, 7) is 0. The van der Waals surface area contributed by atoms with Crippen LogP contribution in [0.25, 0.3) is 21.9 Å². The van der Waals surface area contributed by atoms with Crippen molar-refractivity contribution in [1.29, 1.82) is 0 Å². The number of carbonyl (C=O) groups is 1. The van der Waals surface area contributed by atoms with E-state index in [0.717, 1.165) is 22.6 Å². The highest BCUT2D eigenvalue weighted by atomic mass is 16.5. The molecule has 2 heteroatoms. The molecule has 0 saturated heterocycles. The van der Waals surface area contributed by atoms with Gasteiger partial charge in [-0.3, -0.25) is 0 Å². The molecule has 0 amide bonds. The molecule has 2 atom stereocenters. The zero-order valence-corrected chi connectivity index (χ0v) is 14.3. The number of fused-ring (bicyclic) bond motifs is 6. The van der Waals surface area contributed by atoms with Crippen molar-refractivity contribution in [3.63, 3.8) is 0 Å². The lowest BCUT2D eigenvalue weighted by molar-refractivity contribution is 0.0601. The predicted molar refractivity (Wildman–Crippen MR) is 100 cm³/mol. The van der Waals surface area contributed by atoms with Gasteiger partial charge in [-0.2, -0.15) is 0 Å². The summed E-state index contributed by atoms with van der Waals surface area (Å²) in [7, 11) is 1.41. The summed E-state index contributed by atoms with van der Waals surface area (Å²) >= 11 is 0. The summed E-state index contributed by atoms with van der Waals surface area (Å²) < 4.78 is 4.81. The van der Waals surface area contributed by atoms with E-state index in [1.807, 2.05) is 18.2 Å². The molecule has 2 aliphatic rings. The summed E-state index contributed by atoms with van der Waals surface area (Å²) in [5.41, 5.74) is 6.30. The summed E-state index contributed by atoms with van der Waals surface area (Å²) in [6, 6.07) is 19.2. The van der Waals surface area contributed by atoms with Gasteiger partial charge in [-0.1, -0.05) is 36.4 Å². The van der Waals surface area contributed by atoms with E-state index in [1.165, 1.54) is 37.5 Å². The Bertz CT molecular complexity index is 1000. The summed E-state index contributed by atoms with van der Waals surface area (Å²) in [5, 5.41) is 2.21. The van der Waals surface area contributed by atoms with Gasteiger partial charge >= 0.3 is 5.97 Å². The third-order valence-electron chi connectivity index (χ3n) is 5.99. The smallest absolute Gasteiger partial charge is 0.337 e. The average Bonchev–Trinajstić information content (AvgIpc) is 3.28. The molecule has 2 aliphatic carbocycles. The van der Waals surface area contributed by atoms with Crippen molar-refractivity contribution in [3.8, 4) is 11.1 Å². The van der Waals surface area contributed by atoms with Gasteiger partial charge in [0.2, 0.25) is 0 Å². The van der Waals surface area contributed by atoms with E-state index in [0.29, 0.717) is 5.56 Å². The molecule has 0 aromatic heterocycles. The van der Waals surface area contributed by atoms with Crippen molar-refractivity contribution in [1.82, 2.24) is 0 Å². The monoisotopic (exact) mass is 328 g/mol. The number of hydrogen-bond donors (Lipinski definition) is 0. The third kappa shape index (κ3) is 2.28. The van der Waals surface area contributed by atoms with Crippen molar-refractivity contribution in [3.05, 3.63) is 71.3 Å². The molecule has 1 saturated carbocycles. The number of carbonyl (C=O) groups excluding carboxylic acids is 1. The molecule has 2 bridgehead atoms. The average molecular weight is 328 g/mol. The molecule has 0 heterocycles. The lowest BCUT2D eigenvalue weighted by Crippen LogP contribution is -2.00. The Morgan fingerprint density at radius 2 is 1.52 bits per heavy atom. The molecule has 3 aromatic carbocycles. The summed E-state index contributed by atoms with van der Waals surface area (Å²) in [6.07, 6.45) is 4.08. The quantitative estimate of drug-likeness (QED) is 0.568. The van der Waals surface area contributed by atoms with Crippen molar-refractivity contribution < 1.29 is 9.53 Å². The lowest BCUT2D eigenvalue weighted by atomic mass is 9.89. The van der Waals surface area contributed by atoms with E-state index in [4.69, 9.17) is 4.74 Å². The normalized spacial score (nSPS) is 20.7. The van der Waals surface area contributed by atoms with Crippen LogP contribution in [0.5, 0.6) is 0 Å². The second kappa shape index (κ2) is 5.45. The highest BCUT2D eigenvalue weighted by molar-refractivity contribution is 5.96. The minimum absolute atomic E-state index is 0.292. The minimum atomic E-state index is -0.292. The van der Waals surface area contributed by atoms with Gasteiger partial charge in [-0.15, -0.1) is 0 Å². The largest absolute Gasteiger partial charge is 0.465 e. The van der Waals surface area contributed by atoms with Crippen LogP contribution in [0.4, 0.5) is 0 Å². The molecule has 5 rings (SSSR count). The summed E-state index contributed by atoms with van der Waals surface area (Å²) in [5.74, 6) is 1.30. The standard InChI is InChI=1S/C23H20O2/c1-25-23(24)20-7-4-14-10-15(2-3-16(14)11-20)17-8-9-21-18-5-6-19(12-18)22(21)13-17/h2-4,7-11,13,18-19H,5-6,12H2,1H3. The molecule has 2 unspecified atom stereocenters. The zero-order chi connectivity index (χ0) is 17.0. The topological polar surface area (TPSA) is 26.3 Å². The van der Waals surface area contributed by atoms with Gasteiger partial charge in [0.1, 0.15) is 0 Å². The lowest BCUT2D eigenvalue weighted by Gasteiger charge is -2.16. The van der Waals surface area contributed by atoms with E-state index in [2.05, 4.69) is 36.4 Å². The van der Waals surface area contributed by atoms with Crippen molar-refractivity contribution in [2.24, 2.45) is 0 Å². The first-order chi connectivity index (χ1) is 12.2. The van der Waals surface area contributed by atoms with Crippen molar-refractivity contribution >= 4 is 16.7 Å². The molecule has 0 radical (unpaired) electrons. The van der Waals surface area contributed by atoms with Crippen LogP contribution in [0.2, 0.25) is 0 Å². The van der Waals surface area contributed by atoms with Crippen LogP contribution in [0.15, 0.2) is 54.6 Å². The molecule has 0 N–H and O–H groups in total. The number of esters is 1. The fraction of sp³-hybridized carbons (Fsp3) is 0.261. The van der Waals surface area contributed by atoms with Crippen LogP contribution in [-0.4, -0.2) is 13.1 Å². The van der Waals surface area contributed by atoms with Gasteiger partial charge in [-0.05, 0) is 82.3 Å². The van der Waals surface area contributed by atoms with E-state index in [9.17, 15) is 4.79 Å². The second-order valence-corrected chi connectivity index (χ2v) is 7.32. The van der Waals surface area contributed by atoms with Gasteiger partial charge in [0, 0.05) is 0 Å². The molecule has 3 aromatic rings. The molecule has 0 aliphatic heterocycles. The second-order valence-electron chi connectivity index (χ2n) is 7.32. The van der Waals surface area contributed by atoms with Gasteiger partial charge < -0.3 is 4.74 Å². The number of rotatable bonds is 2. The van der Waals surface area contributed by atoms with Gasteiger partial charge in [0.15, 0.2) is 0 Å². The van der Waals surface area contributed by atoms with Crippen LogP contribution in [0.1, 0.15) is 52.6 Å². The molecule has 124 valence electrons. The maximum absolute atomic E-state index is 11.7. The zero-order valence-electron chi connectivity index (χ0n) is 14.3. The van der Waals surface area contributed by atoms with Gasteiger partial charge in [0.25, 0.3) is 0 Å². The van der Waals surface area contributed by atoms with E-state index in [1.54, 1.807) is 11.1 Å². The molecule has 25 heavy (non-hydrogen) atoms. The van der Waals surface area contributed by atoms with E-state index >= 15 is 0 Å². The van der Waals surface area contributed by atoms with Crippen LogP contribution in [0.3, 0.4) is 0 Å². The highest BCUT2D eigenvalue weighted by Gasteiger charge is 2.36. The molecular weight excluding hydrogens is 308 g/mol. The van der Waals surface area contributed by atoms with E-state index in [-0.39, 0.29) is 5.97 Å². The van der Waals surface area contributed by atoms with Crippen LogP contribution in [0, 0.1) is 0 Å². The SMILES string of the molecule is COC(=O)c1ccc2cc(-c3ccc4c(c3)C3CCC4C3)ccc2c1. The Morgan fingerprint density at radius 3 is 2.36 bits per heavy atom. The number of methoxy groups -OCH3 is 1. The maximum Gasteiger partial charge on any atom is 0.337 e. The number of ether oxygens (including phenoxy) is 1. The van der Waals surface area contributed by atoms with Gasteiger partial charge in [-0.25, -0.2) is 4.79 Å². The Morgan fingerprint density at radius 1 is 0.840 bits per heavy atom. The van der Waals surface area contributed by atoms with Crippen molar-refractivity contribution in [2.75, 3.05) is 7.11 Å². The van der Waals surface area contributed by atoms with Crippen molar-refractivity contribution in [2.45, 2.75) is 31.1 Å². The Labute approximate surface area is 147 Å². The first-order valence-corrected chi connectivity index (χ1v) is 8.99. The van der Waals surface area contributed by atoms with Crippen LogP contribution in [-0.2, 0) is 4.74 Å². The first-order valence-electron chi connectivity index (χ1n) is 8.99. The molecule has 0 spiro atoms. The van der Waals surface area contributed by atoms with Crippen LogP contribution >= 0.6 is 0 Å².